The fourth-order valence-corrected chi connectivity index (χ4v) is 5.15. The van der Waals surface area contributed by atoms with Gasteiger partial charge in [0.1, 0.15) is 17.8 Å². The van der Waals surface area contributed by atoms with E-state index in [2.05, 4.69) is 15.6 Å². The number of rotatable bonds is 12. The highest BCUT2D eigenvalue weighted by Gasteiger charge is 2.28. The van der Waals surface area contributed by atoms with E-state index in [0.29, 0.717) is 17.9 Å². The predicted octanol–water partition coefficient (Wildman–Crippen LogP) is 4.92. The number of nitrogens with one attached hydrogen (secondary N) is 1. The van der Waals surface area contributed by atoms with Gasteiger partial charge in [0.05, 0.1) is 24.2 Å². The van der Waals surface area contributed by atoms with Crippen molar-refractivity contribution in [2.75, 3.05) is 6.61 Å². The Morgan fingerprint density at radius 2 is 1.47 bits per heavy atom. The molecule has 1 unspecified atom stereocenters. The summed E-state index contributed by atoms with van der Waals surface area (Å²) in [5.74, 6) is -0.383. The number of amides is 1. The van der Waals surface area contributed by atoms with E-state index in [1.54, 1.807) is 10.9 Å². The van der Waals surface area contributed by atoms with E-state index in [9.17, 15) is 13.2 Å². The molecule has 10 heteroatoms. The second kappa shape index (κ2) is 13.8. The van der Waals surface area contributed by atoms with Gasteiger partial charge in [-0.2, -0.15) is 0 Å². The number of hydrogen-bond acceptors (Lipinski definition) is 6. The molecule has 0 saturated heterocycles. The Bertz CT molecular complexity index is 1760. The fraction of sp³-hybridized carbons (Fsp3) is 0.121. The van der Waals surface area contributed by atoms with Crippen molar-refractivity contribution < 1.29 is 17.9 Å². The predicted molar refractivity (Wildman–Crippen MR) is 164 cm³/mol. The highest BCUT2D eigenvalue weighted by atomic mass is 32.2. The van der Waals surface area contributed by atoms with Crippen LogP contribution in [-0.2, 0) is 21.3 Å². The second-order valence-electron chi connectivity index (χ2n) is 9.78. The zero-order valence-electron chi connectivity index (χ0n) is 23.2. The van der Waals surface area contributed by atoms with Crippen molar-refractivity contribution in [3.8, 4) is 0 Å². The van der Waals surface area contributed by atoms with E-state index in [0.717, 1.165) is 16.7 Å². The molecule has 43 heavy (non-hydrogen) atoms. The van der Waals surface area contributed by atoms with Crippen LogP contribution >= 0.6 is 0 Å². The molecule has 0 aliphatic heterocycles. The first-order valence-corrected chi connectivity index (χ1v) is 15.2. The molecule has 0 aliphatic rings. The Balaban J connectivity index is 1.36. The largest absolute Gasteiger partial charge is 0.367 e. The summed E-state index contributed by atoms with van der Waals surface area (Å²) in [4.78, 5) is 12.6. The summed E-state index contributed by atoms with van der Waals surface area (Å²) >= 11 is 0. The summed E-state index contributed by atoms with van der Waals surface area (Å²) in [6, 6.07) is 35.0. The summed E-state index contributed by atoms with van der Waals surface area (Å²) in [5, 5.41) is 16.7. The van der Waals surface area contributed by atoms with E-state index in [-0.39, 0.29) is 23.4 Å². The number of carbonyl (C=O) groups is 1. The zero-order valence-corrected chi connectivity index (χ0v) is 24.0. The molecule has 2 atom stereocenters. The number of nitrogens with two attached hydrogens (primary N) is 1. The Hall–Kier alpha value is -4.90. The lowest BCUT2D eigenvalue weighted by molar-refractivity contribution is 0.0403. The monoisotopic (exact) mass is 593 g/mol. The van der Waals surface area contributed by atoms with Gasteiger partial charge in [-0.1, -0.05) is 108 Å². The standard InChI is InChI=1S/C33H31N5O4S/c34-43(40,41)30-20-18-28(19-21-30)33(39)35-23-29-24-38(37-36-29)31(26-14-6-2-7-15-26)32(27-16-8-3-9-17-27)42-22-10-13-25-11-4-1-5-12-25/h1-21,24,31-32H,22-23H2,(H,35,39)(H2,34,40,41)/t31?,32-/m0/s1. The van der Waals surface area contributed by atoms with E-state index in [1.165, 1.54) is 24.3 Å². The van der Waals surface area contributed by atoms with Crippen LogP contribution in [0.5, 0.6) is 0 Å². The van der Waals surface area contributed by atoms with Crippen molar-refractivity contribution in [3.63, 3.8) is 0 Å². The Kier molecular flexibility index (Phi) is 9.52. The molecule has 0 radical (unpaired) electrons. The Morgan fingerprint density at radius 1 is 0.860 bits per heavy atom. The first-order valence-electron chi connectivity index (χ1n) is 13.6. The second-order valence-corrected chi connectivity index (χ2v) is 11.3. The summed E-state index contributed by atoms with van der Waals surface area (Å²) in [6.45, 7) is 0.494. The average molecular weight is 594 g/mol. The van der Waals surface area contributed by atoms with Gasteiger partial charge in [-0.3, -0.25) is 4.79 Å². The summed E-state index contributed by atoms with van der Waals surface area (Å²) in [6.07, 6.45) is 5.41. The lowest BCUT2D eigenvalue weighted by atomic mass is 9.95. The van der Waals surface area contributed by atoms with Gasteiger partial charge in [-0.25, -0.2) is 18.2 Å². The Morgan fingerprint density at radius 3 is 2.09 bits per heavy atom. The molecular weight excluding hydrogens is 562 g/mol. The third-order valence-corrected chi connectivity index (χ3v) is 7.68. The van der Waals surface area contributed by atoms with E-state index < -0.39 is 16.1 Å². The van der Waals surface area contributed by atoms with Gasteiger partial charge in [0.2, 0.25) is 10.0 Å². The van der Waals surface area contributed by atoms with Crippen molar-refractivity contribution in [3.05, 3.63) is 155 Å². The molecule has 0 spiro atoms. The minimum atomic E-state index is -3.84. The molecule has 1 heterocycles. The molecule has 4 aromatic carbocycles. The summed E-state index contributed by atoms with van der Waals surface area (Å²) in [5.41, 5.74) is 3.90. The number of aromatic nitrogens is 3. The molecule has 5 aromatic rings. The molecule has 1 aromatic heterocycles. The van der Waals surface area contributed by atoms with Gasteiger partial charge < -0.3 is 10.1 Å². The number of primary sulfonamides is 1. The van der Waals surface area contributed by atoms with Gasteiger partial charge in [-0.15, -0.1) is 5.10 Å². The lowest BCUT2D eigenvalue weighted by Crippen LogP contribution is -2.23. The number of benzene rings is 4. The van der Waals surface area contributed by atoms with Gasteiger partial charge in [0.15, 0.2) is 0 Å². The van der Waals surface area contributed by atoms with Crippen molar-refractivity contribution in [1.29, 1.82) is 0 Å². The number of carbonyl (C=O) groups excluding carboxylic acids is 1. The molecule has 218 valence electrons. The highest BCUT2D eigenvalue weighted by molar-refractivity contribution is 7.89. The van der Waals surface area contributed by atoms with Crippen LogP contribution in [0.1, 0.15) is 44.9 Å². The summed E-state index contributed by atoms with van der Waals surface area (Å²) in [7, 11) is -3.84. The molecular formula is C33H31N5O4S. The van der Waals surface area contributed by atoms with Crippen molar-refractivity contribution >= 4 is 22.0 Å². The molecule has 0 fully saturated rings. The molecule has 0 saturated carbocycles. The maximum Gasteiger partial charge on any atom is 0.251 e. The molecule has 0 aliphatic carbocycles. The minimum absolute atomic E-state index is 0.0651. The maximum atomic E-state index is 12.7. The number of sulfonamides is 1. The first-order chi connectivity index (χ1) is 20.9. The third-order valence-electron chi connectivity index (χ3n) is 6.76. The van der Waals surface area contributed by atoms with E-state index in [4.69, 9.17) is 9.88 Å². The quantitative estimate of drug-likeness (QED) is 0.211. The van der Waals surface area contributed by atoms with Crippen molar-refractivity contribution in [1.82, 2.24) is 20.3 Å². The zero-order chi connectivity index (χ0) is 30.1. The van der Waals surface area contributed by atoms with Crippen LogP contribution in [0, 0.1) is 0 Å². The van der Waals surface area contributed by atoms with Crippen LogP contribution in [0.15, 0.2) is 132 Å². The lowest BCUT2D eigenvalue weighted by Gasteiger charge is -2.28. The smallest absolute Gasteiger partial charge is 0.251 e. The van der Waals surface area contributed by atoms with Crippen LogP contribution in [0.3, 0.4) is 0 Å². The van der Waals surface area contributed by atoms with Gasteiger partial charge >= 0.3 is 0 Å². The van der Waals surface area contributed by atoms with Crippen molar-refractivity contribution in [2.24, 2.45) is 5.14 Å². The average Bonchev–Trinajstić information content (AvgIpc) is 3.51. The Labute approximate surface area is 250 Å². The SMILES string of the molecule is NS(=O)(=O)c1ccc(C(=O)NCc2cn(C(c3ccccc3)[C@@H](OCC=Cc3ccccc3)c3ccccc3)nn2)cc1. The van der Waals surface area contributed by atoms with E-state index in [1.807, 2.05) is 103 Å². The fourth-order valence-electron chi connectivity index (χ4n) is 4.64. The van der Waals surface area contributed by atoms with Crippen LogP contribution in [0.2, 0.25) is 0 Å². The first kappa shape index (κ1) is 29.6. The minimum Gasteiger partial charge on any atom is -0.367 e. The summed E-state index contributed by atoms with van der Waals surface area (Å²) < 4.78 is 31.3. The third kappa shape index (κ3) is 7.89. The van der Waals surface area contributed by atoms with Gasteiger partial charge in [-0.05, 0) is 41.0 Å². The van der Waals surface area contributed by atoms with E-state index >= 15 is 0 Å². The molecule has 5 rings (SSSR count). The number of hydrogen-bond donors (Lipinski definition) is 2. The molecule has 9 nitrogen and oxygen atoms in total. The molecule has 3 N–H and O–H groups in total. The maximum absolute atomic E-state index is 12.7. The van der Waals surface area contributed by atoms with Crippen LogP contribution in [-0.4, -0.2) is 35.9 Å². The van der Waals surface area contributed by atoms with Gasteiger partial charge in [0, 0.05) is 5.56 Å². The number of nitrogens with zero attached hydrogens (tertiary/aromatic N) is 3. The number of ether oxygens (including phenoxy) is 1. The van der Waals surface area contributed by atoms with Crippen LogP contribution < -0.4 is 10.5 Å². The highest BCUT2D eigenvalue weighted by Crippen LogP contribution is 2.35. The molecule has 1 amide bonds. The van der Waals surface area contributed by atoms with Gasteiger partial charge in [0.25, 0.3) is 5.91 Å². The van der Waals surface area contributed by atoms with Crippen LogP contribution in [0.25, 0.3) is 6.08 Å². The van der Waals surface area contributed by atoms with Crippen molar-refractivity contribution in [2.45, 2.75) is 23.6 Å². The van der Waals surface area contributed by atoms with Crippen LogP contribution in [0.4, 0.5) is 0 Å². The topological polar surface area (TPSA) is 129 Å². The molecule has 0 bridgehead atoms. The normalized spacial score (nSPS) is 13.0.